The Morgan fingerprint density at radius 2 is 2.50 bits per heavy atom. The molecule has 0 spiro atoms. The van der Waals surface area contributed by atoms with Crippen molar-refractivity contribution in [2.24, 2.45) is 5.92 Å². The molecule has 2 N–H and O–H groups in total. The van der Waals surface area contributed by atoms with Gasteiger partial charge in [0.1, 0.15) is 6.10 Å². The molecule has 0 saturated carbocycles. The molecule has 1 aliphatic rings. The number of hydrogen-bond donors (Lipinski definition) is 2. The van der Waals surface area contributed by atoms with Crippen LogP contribution in [0.2, 0.25) is 0 Å². The van der Waals surface area contributed by atoms with Crippen LogP contribution in [0.1, 0.15) is 13.3 Å². The fourth-order valence-corrected chi connectivity index (χ4v) is 3.11. The molecule has 0 aromatic heterocycles. The Balaban J connectivity index is 2.69. The van der Waals surface area contributed by atoms with Gasteiger partial charge in [-0.25, -0.2) is 0 Å². The Bertz CT molecular complexity index is 301. The van der Waals surface area contributed by atoms with Crippen LogP contribution in [0.3, 0.4) is 0 Å². The Kier molecular flexibility index (Phi) is 4.90. The van der Waals surface area contributed by atoms with Crippen molar-refractivity contribution in [2.75, 3.05) is 18.6 Å². The van der Waals surface area contributed by atoms with Gasteiger partial charge >= 0.3 is 8.25 Å². The summed E-state index contributed by atoms with van der Waals surface area (Å²) in [5.74, 6) is 0.116. The number of rotatable bonds is 6. The molecular formula is C9H20O5PS+. The zero-order valence-electron chi connectivity index (χ0n) is 11.4. The molecule has 0 aromatic rings. The van der Waals surface area contributed by atoms with Crippen LogP contribution in [-0.4, -0.2) is 49.2 Å². The molecule has 0 bridgehead atoms. The third-order valence-corrected chi connectivity index (χ3v) is 3.87. The Labute approximate surface area is 103 Å². The highest BCUT2D eigenvalue weighted by atomic mass is 32.2. The Hall–Kier alpha value is 0.290. The molecule has 1 rings (SSSR count). The van der Waals surface area contributed by atoms with Gasteiger partial charge in [0.05, 0.1) is 21.1 Å². The maximum atomic E-state index is 10.8. The van der Waals surface area contributed by atoms with Crippen molar-refractivity contribution in [1.82, 2.24) is 0 Å². The summed E-state index contributed by atoms with van der Waals surface area (Å²) in [4.78, 5) is 8.84. The highest BCUT2D eigenvalue weighted by molar-refractivity contribution is 7.98. The standard InChI is InChI=1S/C9H19O5PS/c1-6-9(14-15(11)12)7(3-4-16-2)8(5-10)13-6/h6-10H,3-5,16H2,1-2H3/p+1/t6-,7?,8+,9+/m0/s1/i16TD. The summed E-state index contributed by atoms with van der Waals surface area (Å²) >= 11 is -2.14. The van der Waals surface area contributed by atoms with Gasteiger partial charge in [0.2, 0.25) is 0 Å². The second-order valence-electron chi connectivity index (χ2n) is 3.82. The molecule has 1 fully saturated rings. The SMILES string of the molecule is [2H]S([3H])(C)CCC1[C@@H](CO)O[C@@H](C)[C@H]1O[P+](=O)O. The molecule has 96 valence electrons. The molecule has 0 aromatic carbocycles. The molecule has 16 heavy (non-hydrogen) atoms. The van der Waals surface area contributed by atoms with E-state index in [4.69, 9.17) is 16.4 Å². The monoisotopic (exact) mass is 274 g/mol. The molecule has 0 aliphatic carbocycles. The number of ether oxygens (including phenoxy) is 1. The molecule has 7 heteroatoms. The van der Waals surface area contributed by atoms with Gasteiger partial charge in [0, 0.05) is 10.5 Å². The molecule has 0 radical (unpaired) electrons. The highest BCUT2D eigenvalue weighted by Crippen LogP contribution is 2.36. The molecule has 0 amide bonds. The summed E-state index contributed by atoms with van der Waals surface area (Å²) in [5, 5.41) is 9.23. The van der Waals surface area contributed by atoms with Crippen LogP contribution in [0.15, 0.2) is 0 Å². The van der Waals surface area contributed by atoms with Gasteiger partial charge in [-0.3, -0.25) is 11.6 Å². The number of aliphatic hydroxyl groups excluding tert-OH is 1. The lowest BCUT2D eigenvalue weighted by Gasteiger charge is -2.17. The summed E-state index contributed by atoms with van der Waals surface area (Å²) in [5.41, 5.74) is 0. The van der Waals surface area contributed by atoms with Gasteiger partial charge in [-0.15, -0.1) is 9.42 Å². The quantitative estimate of drug-likeness (QED) is 0.695. The summed E-state index contributed by atoms with van der Waals surface area (Å²) in [6, 6.07) is 0. The summed E-state index contributed by atoms with van der Waals surface area (Å²) in [6.07, 6.45) is 0.625. The first kappa shape index (κ1) is 11.4. The Morgan fingerprint density at radius 1 is 1.81 bits per heavy atom. The van der Waals surface area contributed by atoms with Crippen molar-refractivity contribution in [3.8, 4) is 0 Å². The van der Waals surface area contributed by atoms with Crippen molar-refractivity contribution in [3.05, 3.63) is 0 Å². The molecule has 3 unspecified atom stereocenters. The lowest BCUT2D eigenvalue weighted by atomic mass is 9.94. The van der Waals surface area contributed by atoms with E-state index in [1.54, 1.807) is 13.2 Å². The fraction of sp³-hybridized carbons (Fsp3) is 1.00. The van der Waals surface area contributed by atoms with Gasteiger partial charge in [-0.2, -0.15) is 0 Å². The van der Waals surface area contributed by atoms with E-state index in [0.29, 0.717) is 12.2 Å². The van der Waals surface area contributed by atoms with Gasteiger partial charge in [-0.1, -0.05) is 0 Å². The van der Waals surface area contributed by atoms with Gasteiger partial charge in [0.25, 0.3) is 0 Å². The van der Waals surface area contributed by atoms with E-state index in [1.165, 1.54) is 0 Å². The van der Waals surface area contributed by atoms with Crippen molar-refractivity contribution in [3.63, 3.8) is 0 Å². The molecule has 5 nitrogen and oxygen atoms in total. The van der Waals surface area contributed by atoms with Crippen LogP contribution in [-0.2, 0) is 13.8 Å². The van der Waals surface area contributed by atoms with Crippen LogP contribution >= 0.6 is 19.8 Å². The zero-order valence-corrected chi connectivity index (χ0v) is 11.1. The van der Waals surface area contributed by atoms with E-state index in [1.807, 2.05) is 0 Å². The minimum absolute atomic E-state index is 0.195. The maximum absolute atomic E-state index is 10.8. The predicted molar refractivity (Wildman–Crippen MR) is 65.4 cm³/mol. The van der Waals surface area contributed by atoms with E-state index in [-0.39, 0.29) is 18.6 Å². The number of aliphatic hydroxyl groups is 1. The molecule has 1 aliphatic heterocycles. The van der Waals surface area contributed by atoms with E-state index >= 15 is 0 Å². The smallest absolute Gasteiger partial charge is 0.394 e. The second-order valence-corrected chi connectivity index (χ2v) is 5.49. The van der Waals surface area contributed by atoms with Crippen molar-refractivity contribution >= 4 is 19.8 Å². The van der Waals surface area contributed by atoms with Gasteiger partial charge in [0.15, 0.2) is 0 Å². The third-order valence-electron chi connectivity index (χ3n) is 2.80. The maximum Gasteiger partial charge on any atom is 0.695 e. The minimum atomic E-state index is -2.73. The average molecular weight is 274 g/mol. The first-order chi connectivity index (χ1) is 8.24. The van der Waals surface area contributed by atoms with Crippen LogP contribution in [0.25, 0.3) is 0 Å². The highest BCUT2D eigenvalue weighted by Gasteiger charge is 2.46. The van der Waals surface area contributed by atoms with E-state index in [9.17, 15) is 9.67 Å². The van der Waals surface area contributed by atoms with Gasteiger partial charge < -0.3 is 9.84 Å². The first-order valence-corrected chi connectivity index (χ1v) is 7.70. The average Bonchev–Trinajstić information content (AvgIpc) is 2.51. The van der Waals surface area contributed by atoms with Crippen molar-refractivity contribution in [1.29, 1.82) is 2.25 Å². The van der Waals surface area contributed by atoms with E-state index < -0.39 is 32.0 Å². The van der Waals surface area contributed by atoms with Crippen LogP contribution in [0, 0.1) is 5.92 Å². The molecule has 1 heterocycles. The fourth-order valence-electron chi connectivity index (χ4n) is 2.06. The van der Waals surface area contributed by atoms with E-state index in [2.05, 4.69) is 0 Å². The summed E-state index contributed by atoms with van der Waals surface area (Å²) < 4.78 is 36.4. The lowest BCUT2D eigenvalue weighted by Crippen LogP contribution is -2.29. The first-order valence-electron chi connectivity index (χ1n) is 6.00. The minimum Gasteiger partial charge on any atom is -0.394 e. The molecule has 1 saturated heterocycles. The molecule has 6 atom stereocenters. The van der Waals surface area contributed by atoms with Crippen LogP contribution < -0.4 is 0 Å². The van der Waals surface area contributed by atoms with Crippen LogP contribution in [0.4, 0.5) is 0 Å². The second kappa shape index (κ2) is 6.89. The van der Waals surface area contributed by atoms with Gasteiger partial charge in [-0.05, 0) is 25.4 Å². The number of hydrogen-bond acceptors (Lipinski definition) is 4. The lowest BCUT2D eigenvalue weighted by molar-refractivity contribution is -0.000352. The van der Waals surface area contributed by atoms with Crippen molar-refractivity contribution in [2.45, 2.75) is 31.7 Å². The van der Waals surface area contributed by atoms with Crippen LogP contribution in [0.5, 0.6) is 0 Å². The zero-order chi connectivity index (χ0) is 13.9. The summed E-state index contributed by atoms with van der Waals surface area (Å²) in [7, 11) is -2.73. The van der Waals surface area contributed by atoms with Crippen molar-refractivity contribution < 1.29 is 23.8 Å². The predicted octanol–water partition coefficient (Wildman–Crippen LogP) is 0.635. The topological polar surface area (TPSA) is 76.0 Å². The van der Waals surface area contributed by atoms with E-state index in [0.717, 1.165) is 0 Å². The Morgan fingerprint density at radius 3 is 3.00 bits per heavy atom. The third kappa shape index (κ3) is 3.65. The largest absolute Gasteiger partial charge is 0.695 e. The molecular weight excluding hydrogens is 251 g/mol. The summed E-state index contributed by atoms with van der Waals surface area (Å²) in [6.45, 7) is 1.53. The normalized spacial score (nSPS) is 43.1.